The van der Waals surface area contributed by atoms with Gasteiger partial charge in [-0.15, -0.1) is 0 Å². The van der Waals surface area contributed by atoms with Crippen LogP contribution in [0.1, 0.15) is 5.56 Å². The van der Waals surface area contributed by atoms with Crippen molar-refractivity contribution in [2.45, 2.75) is 12.7 Å². The summed E-state index contributed by atoms with van der Waals surface area (Å²) in [5, 5.41) is 3.21. The summed E-state index contributed by atoms with van der Waals surface area (Å²) in [6, 6.07) is 8.09. The Morgan fingerprint density at radius 1 is 1.00 bits per heavy atom. The molecule has 0 saturated heterocycles. The summed E-state index contributed by atoms with van der Waals surface area (Å²) in [4.78, 5) is 0. The van der Waals surface area contributed by atoms with E-state index >= 15 is 0 Å². The van der Waals surface area contributed by atoms with Crippen molar-refractivity contribution >= 4 is 0 Å². The summed E-state index contributed by atoms with van der Waals surface area (Å²) in [5.41, 5.74) is 1.25. The number of rotatable bonds is 11. The summed E-state index contributed by atoms with van der Waals surface area (Å²) < 4.78 is 20.8. The molecular weight excluding hydrogens is 258 g/mol. The molecule has 0 saturated carbocycles. The number of hydrogen-bond donors (Lipinski definition) is 1. The lowest BCUT2D eigenvalue weighted by Crippen LogP contribution is -2.32. The summed E-state index contributed by atoms with van der Waals surface area (Å²) in [6.45, 7) is 2.74. The second-order valence-electron chi connectivity index (χ2n) is 4.34. The summed E-state index contributed by atoms with van der Waals surface area (Å²) >= 11 is 0. The second kappa shape index (κ2) is 10.6. The van der Waals surface area contributed by atoms with Crippen molar-refractivity contribution < 1.29 is 18.9 Å². The van der Waals surface area contributed by atoms with Crippen LogP contribution in [-0.2, 0) is 20.6 Å². The van der Waals surface area contributed by atoms with Crippen LogP contribution in [0, 0.1) is 0 Å². The lowest BCUT2D eigenvalue weighted by Gasteiger charge is -2.14. The van der Waals surface area contributed by atoms with Crippen molar-refractivity contribution in [2.75, 3.05) is 47.6 Å². The monoisotopic (exact) mass is 283 g/mol. The Morgan fingerprint density at radius 3 is 2.30 bits per heavy atom. The van der Waals surface area contributed by atoms with Crippen molar-refractivity contribution in [3.05, 3.63) is 29.8 Å². The lowest BCUT2D eigenvalue weighted by molar-refractivity contribution is -0.0988. The van der Waals surface area contributed by atoms with Crippen LogP contribution in [0.2, 0.25) is 0 Å². The Kier molecular flexibility index (Phi) is 8.98. The first kappa shape index (κ1) is 16.9. The van der Waals surface area contributed by atoms with Crippen LogP contribution in [0.15, 0.2) is 24.3 Å². The molecule has 0 atom stereocenters. The van der Waals surface area contributed by atoms with E-state index in [0.29, 0.717) is 13.2 Å². The fourth-order valence-electron chi connectivity index (χ4n) is 1.70. The highest BCUT2D eigenvalue weighted by molar-refractivity contribution is 5.27. The minimum atomic E-state index is -0.213. The quantitative estimate of drug-likeness (QED) is 0.492. The normalized spacial score (nSPS) is 11.0. The van der Waals surface area contributed by atoms with Crippen molar-refractivity contribution in [3.8, 4) is 5.75 Å². The molecule has 0 radical (unpaired) electrons. The van der Waals surface area contributed by atoms with Crippen LogP contribution < -0.4 is 10.1 Å². The first-order chi connectivity index (χ1) is 9.80. The fraction of sp³-hybridized carbons (Fsp3) is 0.600. The Balaban J connectivity index is 2.15. The van der Waals surface area contributed by atoms with E-state index in [1.807, 2.05) is 12.1 Å². The molecule has 0 aliphatic carbocycles. The summed E-state index contributed by atoms with van der Waals surface area (Å²) in [6.07, 6.45) is 0.711. The van der Waals surface area contributed by atoms with Crippen LogP contribution in [0.4, 0.5) is 0 Å². The highest BCUT2D eigenvalue weighted by Crippen LogP contribution is 2.12. The Labute approximate surface area is 121 Å². The molecule has 0 unspecified atom stereocenters. The van der Waals surface area contributed by atoms with E-state index in [9.17, 15) is 0 Å². The molecule has 5 nitrogen and oxygen atoms in total. The second-order valence-corrected chi connectivity index (χ2v) is 4.34. The lowest BCUT2D eigenvalue weighted by atomic mass is 10.1. The van der Waals surface area contributed by atoms with E-state index in [-0.39, 0.29) is 6.29 Å². The third kappa shape index (κ3) is 6.86. The molecule has 0 aromatic heterocycles. The van der Waals surface area contributed by atoms with Gasteiger partial charge >= 0.3 is 0 Å². The molecule has 0 aliphatic rings. The van der Waals surface area contributed by atoms with Gasteiger partial charge in [0.1, 0.15) is 12.4 Å². The first-order valence-electron chi connectivity index (χ1n) is 6.77. The third-order valence-corrected chi connectivity index (χ3v) is 2.90. The van der Waals surface area contributed by atoms with Gasteiger partial charge in [-0.3, -0.25) is 0 Å². The molecule has 0 heterocycles. The van der Waals surface area contributed by atoms with Gasteiger partial charge in [-0.05, 0) is 24.1 Å². The molecule has 114 valence electrons. The fourth-order valence-corrected chi connectivity index (χ4v) is 1.70. The highest BCUT2D eigenvalue weighted by Gasteiger charge is 2.03. The van der Waals surface area contributed by atoms with E-state index in [1.54, 1.807) is 21.3 Å². The predicted molar refractivity (Wildman–Crippen MR) is 78.2 cm³/mol. The third-order valence-electron chi connectivity index (χ3n) is 2.90. The maximum Gasteiger partial charge on any atom is 0.169 e. The zero-order valence-electron chi connectivity index (χ0n) is 12.6. The molecule has 0 bridgehead atoms. The largest absolute Gasteiger partial charge is 0.492 e. The number of hydrogen-bond acceptors (Lipinski definition) is 5. The average Bonchev–Trinajstić information content (AvgIpc) is 2.50. The molecule has 1 aromatic carbocycles. The molecule has 1 rings (SSSR count). The molecule has 0 amide bonds. The van der Waals surface area contributed by atoms with Crippen molar-refractivity contribution in [1.82, 2.24) is 5.32 Å². The van der Waals surface area contributed by atoms with Gasteiger partial charge in [0.25, 0.3) is 0 Å². The molecule has 0 fully saturated rings. The Morgan fingerprint density at radius 2 is 1.70 bits per heavy atom. The van der Waals surface area contributed by atoms with Gasteiger partial charge in [-0.2, -0.15) is 0 Å². The van der Waals surface area contributed by atoms with Crippen molar-refractivity contribution in [1.29, 1.82) is 0 Å². The van der Waals surface area contributed by atoms with Crippen molar-refractivity contribution in [2.24, 2.45) is 0 Å². The zero-order chi connectivity index (χ0) is 14.6. The van der Waals surface area contributed by atoms with Gasteiger partial charge in [0.15, 0.2) is 6.29 Å². The molecule has 0 spiro atoms. The zero-order valence-corrected chi connectivity index (χ0v) is 12.6. The van der Waals surface area contributed by atoms with E-state index in [1.165, 1.54) is 5.56 Å². The number of methoxy groups -OCH3 is 3. The van der Waals surface area contributed by atoms with Crippen LogP contribution in [0.3, 0.4) is 0 Å². The molecule has 5 heteroatoms. The van der Waals surface area contributed by atoms with Gasteiger partial charge in [-0.25, -0.2) is 0 Å². The summed E-state index contributed by atoms with van der Waals surface area (Å²) in [5.74, 6) is 0.878. The van der Waals surface area contributed by atoms with E-state index in [2.05, 4.69) is 17.4 Å². The van der Waals surface area contributed by atoms with Crippen LogP contribution in [0.5, 0.6) is 5.75 Å². The van der Waals surface area contributed by atoms with Crippen LogP contribution in [-0.4, -0.2) is 53.9 Å². The maximum absolute atomic E-state index is 5.64. The minimum Gasteiger partial charge on any atom is -0.492 e. The number of benzene rings is 1. The van der Waals surface area contributed by atoms with Gasteiger partial charge in [0.2, 0.25) is 0 Å². The van der Waals surface area contributed by atoms with Crippen LogP contribution >= 0.6 is 0 Å². The average molecular weight is 283 g/mol. The molecule has 1 aromatic rings. The van der Waals surface area contributed by atoms with Gasteiger partial charge in [0, 0.05) is 34.4 Å². The highest BCUT2D eigenvalue weighted by atomic mass is 16.7. The van der Waals surface area contributed by atoms with Gasteiger partial charge in [0.05, 0.1) is 6.61 Å². The van der Waals surface area contributed by atoms with Gasteiger partial charge in [-0.1, -0.05) is 12.1 Å². The summed E-state index contributed by atoms with van der Waals surface area (Å²) in [7, 11) is 4.96. The molecule has 0 aliphatic heterocycles. The minimum absolute atomic E-state index is 0.213. The van der Waals surface area contributed by atoms with E-state index in [0.717, 1.165) is 25.3 Å². The first-order valence-corrected chi connectivity index (χ1v) is 6.77. The van der Waals surface area contributed by atoms with Gasteiger partial charge < -0.3 is 24.3 Å². The van der Waals surface area contributed by atoms with Crippen LogP contribution in [0.25, 0.3) is 0 Å². The van der Waals surface area contributed by atoms with E-state index < -0.39 is 0 Å². The number of ether oxygens (including phenoxy) is 4. The Bertz CT molecular complexity index is 338. The number of nitrogens with one attached hydrogen (secondary N) is 1. The smallest absolute Gasteiger partial charge is 0.169 e. The van der Waals surface area contributed by atoms with Crippen molar-refractivity contribution in [3.63, 3.8) is 0 Å². The maximum atomic E-state index is 5.64. The SMILES string of the molecule is COCCc1ccc(OCCNCC(OC)OC)cc1. The molecular formula is C15H25NO4. The topological polar surface area (TPSA) is 49.0 Å². The standard InChI is InChI=1S/C15H25NO4/c1-17-10-8-13-4-6-14(7-5-13)20-11-9-16-12-15(18-2)19-3/h4-7,15-16H,8-12H2,1-3H3. The predicted octanol–water partition coefficient (Wildman–Crippen LogP) is 1.46. The molecule has 1 N–H and O–H groups in total. The molecule has 20 heavy (non-hydrogen) atoms. The van der Waals surface area contributed by atoms with E-state index in [4.69, 9.17) is 18.9 Å². The Hall–Kier alpha value is -1.14.